The molecule has 3 rings (SSSR count). The van der Waals surface area contributed by atoms with E-state index in [9.17, 15) is 0 Å². The van der Waals surface area contributed by atoms with Crippen molar-refractivity contribution in [2.75, 3.05) is 17.2 Å². The van der Waals surface area contributed by atoms with Gasteiger partial charge in [0.25, 0.3) is 0 Å². The number of hydrogen-bond donors (Lipinski definition) is 3. The number of aromatic nitrogens is 2. The molecule has 32 heavy (non-hydrogen) atoms. The van der Waals surface area contributed by atoms with Crippen LogP contribution in [0.25, 0.3) is 11.4 Å². The summed E-state index contributed by atoms with van der Waals surface area (Å²) in [6, 6.07) is 20.4. The molecule has 2 aromatic carbocycles. The molecule has 0 amide bonds. The van der Waals surface area contributed by atoms with Crippen LogP contribution in [-0.2, 0) is 12.8 Å². The second kappa shape index (κ2) is 11.6. The lowest BCUT2D eigenvalue weighted by Gasteiger charge is -2.12. The molecule has 0 aliphatic rings. The lowest BCUT2D eigenvalue weighted by molar-refractivity contribution is 0.581. The summed E-state index contributed by atoms with van der Waals surface area (Å²) in [5.41, 5.74) is 9.92. The summed E-state index contributed by atoms with van der Waals surface area (Å²) in [6.07, 6.45) is 4.33. The number of nitrogens with two attached hydrogens (primary N) is 1. The van der Waals surface area contributed by atoms with Crippen molar-refractivity contribution in [3.05, 3.63) is 84.7 Å². The Balaban J connectivity index is 1.82. The number of aliphatic imine (C=N–C) groups is 1. The minimum Gasteiger partial charge on any atom is -0.370 e. The smallest absolute Gasteiger partial charge is 0.197 e. The van der Waals surface area contributed by atoms with Crippen LogP contribution < -0.4 is 16.4 Å². The SMILES string of the molecule is C=CN=C(N)Nc1cccc(-c2nc(CCC(C)C)cc(NCCc3ccccc3)n2)c1. The minimum atomic E-state index is 0.284. The van der Waals surface area contributed by atoms with E-state index in [0.717, 1.165) is 48.6 Å². The maximum Gasteiger partial charge on any atom is 0.197 e. The number of nitrogens with zero attached hydrogens (tertiary/aromatic N) is 3. The Morgan fingerprint density at radius 2 is 1.88 bits per heavy atom. The predicted octanol–water partition coefficient (Wildman–Crippen LogP) is 5.26. The molecule has 6 nitrogen and oxygen atoms in total. The highest BCUT2D eigenvalue weighted by atomic mass is 15.1. The van der Waals surface area contributed by atoms with Gasteiger partial charge in [-0.3, -0.25) is 0 Å². The van der Waals surface area contributed by atoms with Gasteiger partial charge in [0.1, 0.15) is 5.82 Å². The van der Waals surface area contributed by atoms with E-state index in [4.69, 9.17) is 15.7 Å². The van der Waals surface area contributed by atoms with E-state index in [2.05, 4.69) is 66.4 Å². The average molecular weight is 429 g/mol. The van der Waals surface area contributed by atoms with Gasteiger partial charge in [0.2, 0.25) is 0 Å². The Labute approximate surface area is 190 Å². The zero-order chi connectivity index (χ0) is 22.8. The summed E-state index contributed by atoms with van der Waals surface area (Å²) < 4.78 is 0. The van der Waals surface area contributed by atoms with E-state index < -0.39 is 0 Å². The fraction of sp³-hybridized carbons (Fsp3) is 0.269. The fourth-order valence-corrected chi connectivity index (χ4v) is 3.28. The Hall–Kier alpha value is -3.67. The third-order valence-corrected chi connectivity index (χ3v) is 4.94. The second-order valence-electron chi connectivity index (χ2n) is 8.07. The van der Waals surface area contributed by atoms with Crippen LogP contribution >= 0.6 is 0 Å². The van der Waals surface area contributed by atoms with Crippen LogP contribution in [0.4, 0.5) is 11.5 Å². The topological polar surface area (TPSA) is 88.2 Å². The summed E-state index contributed by atoms with van der Waals surface area (Å²) in [4.78, 5) is 13.6. The van der Waals surface area contributed by atoms with E-state index in [-0.39, 0.29) is 5.96 Å². The number of aryl methyl sites for hydroxylation is 1. The standard InChI is InChI=1S/C26H32N6/c1-4-28-26(27)31-22-12-8-11-21(17-22)25-30-23(14-13-19(2)3)18-24(32-25)29-16-15-20-9-6-5-7-10-20/h4-12,17-19H,1,13-16H2,2-3H3,(H3,27,28,31)(H,29,30,32). The molecule has 1 heterocycles. The highest BCUT2D eigenvalue weighted by Crippen LogP contribution is 2.22. The number of guanidine groups is 1. The first-order chi connectivity index (χ1) is 15.5. The van der Waals surface area contributed by atoms with Gasteiger partial charge in [0.15, 0.2) is 11.8 Å². The highest BCUT2D eigenvalue weighted by molar-refractivity contribution is 5.93. The molecule has 0 spiro atoms. The first-order valence-corrected chi connectivity index (χ1v) is 11.0. The molecule has 0 saturated heterocycles. The van der Waals surface area contributed by atoms with Gasteiger partial charge in [0.05, 0.1) is 0 Å². The zero-order valence-corrected chi connectivity index (χ0v) is 18.9. The second-order valence-corrected chi connectivity index (χ2v) is 8.07. The molecular formula is C26H32N6. The first kappa shape index (κ1) is 23.0. The van der Waals surface area contributed by atoms with Crippen molar-refractivity contribution < 1.29 is 0 Å². The molecule has 0 saturated carbocycles. The molecular weight excluding hydrogens is 396 g/mol. The van der Waals surface area contributed by atoms with E-state index >= 15 is 0 Å². The Bertz CT molecular complexity index is 1040. The van der Waals surface area contributed by atoms with E-state index in [1.165, 1.54) is 11.8 Å². The molecule has 166 valence electrons. The maximum atomic E-state index is 5.85. The number of benzene rings is 2. The van der Waals surface area contributed by atoms with Gasteiger partial charge in [-0.15, -0.1) is 0 Å². The van der Waals surface area contributed by atoms with Crippen LogP contribution in [0.5, 0.6) is 0 Å². The molecule has 0 fully saturated rings. The molecule has 0 aliphatic carbocycles. The summed E-state index contributed by atoms with van der Waals surface area (Å²) in [6.45, 7) is 8.83. The monoisotopic (exact) mass is 428 g/mol. The van der Waals surface area contributed by atoms with E-state index in [1.54, 1.807) is 0 Å². The number of rotatable bonds is 10. The van der Waals surface area contributed by atoms with Gasteiger partial charge in [-0.05, 0) is 42.9 Å². The van der Waals surface area contributed by atoms with Crippen molar-refractivity contribution in [1.82, 2.24) is 9.97 Å². The lowest BCUT2D eigenvalue weighted by Crippen LogP contribution is -2.21. The molecule has 3 aromatic rings. The molecule has 1 aromatic heterocycles. The summed E-state index contributed by atoms with van der Waals surface area (Å²) >= 11 is 0. The van der Waals surface area contributed by atoms with Crippen LogP contribution in [0.2, 0.25) is 0 Å². The van der Waals surface area contributed by atoms with Crippen LogP contribution in [0.1, 0.15) is 31.5 Å². The van der Waals surface area contributed by atoms with Gasteiger partial charge in [-0.25, -0.2) is 15.0 Å². The fourth-order valence-electron chi connectivity index (χ4n) is 3.28. The molecule has 0 aliphatic heterocycles. The molecule has 0 radical (unpaired) electrons. The number of nitrogens with one attached hydrogen (secondary N) is 2. The maximum absolute atomic E-state index is 5.85. The summed E-state index contributed by atoms with van der Waals surface area (Å²) in [7, 11) is 0. The van der Waals surface area contributed by atoms with E-state index in [0.29, 0.717) is 11.7 Å². The van der Waals surface area contributed by atoms with Gasteiger partial charge in [-0.1, -0.05) is 62.9 Å². The average Bonchev–Trinajstić information content (AvgIpc) is 2.79. The van der Waals surface area contributed by atoms with Crippen molar-refractivity contribution in [2.24, 2.45) is 16.6 Å². The van der Waals surface area contributed by atoms with Gasteiger partial charge < -0.3 is 16.4 Å². The Kier molecular flexibility index (Phi) is 8.37. The zero-order valence-electron chi connectivity index (χ0n) is 18.9. The summed E-state index contributed by atoms with van der Waals surface area (Å²) in [5, 5.41) is 6.54. The molecule has 0 bridgehead atoms. The van der Waals surface area contributed by atoms with Crippen molar-refractivity contribution in [3.63, 3.8) is 0 Å². The molecule has 6 heteroatoms. The third kappa shape index (κ3) is 7.23. The third-order valence-electron chi connectivity index (χ3n) is 4.94. The summed E-state index contributed by atoms with van der Waals surface area (Å²) in [5.74, 6) is 2.43. The lowest BCUT2D eigenvalue weighted by atomic mass is 10.1. The highest BCUT2D eigenvalue weighted by Gasteiger charge is 2.09. The normalized spacial score (nSPS) is 11.4. The molecule has 0 atom stereocenters. The van der Waals surface area contributed by atoms with Gasteiger partial charge >= 0.3 is 0 Å². The Morgan fingerprint density at radius 3 is 2.62 bits per heavy atom. The van der Waals surface area contributed by atoms with Crippen molar-refractivity contribution in [1.29, 1.82) is 0 Å². The van der Waals surface area contributed by atoms with Crippen molar-refractivity contribution >= 4 is 17.5 Å². The van der Waals surface area contributed by atoms with Crippen LogP contribution in [0, 0.1) is 5.92 Å². The minimum absolute atomic E-state index is 0.284. The molecule has 0 unspecified atom stereocenters. The van der Waals surface area contributed by atoms with Gasteiger partial charge in [0, 0.05) is 35.8 Å². The number of hydrogen-bond acceptors (Lipinski definition) is 4. The van der Waals surface area contributed by atoms with Gasteiger partial charge in [-0.2, -0.15) is 0 Å². The van der Waals surface area contributed by atoms with Crippen LogP contribution in [-0.4, -0.2) is 22.5 Å². The number of anilines is 2. The van der Waals surface area contributed by atoms with Crippen LogP contribution in [0.15, 0.2) is 78.4 Å². The quantitative estimate of drug-likeness (QED) is 0.303. The molecule has 4 N–H and O–H groups in total. The predicted molar refractivity (Wildman–Crippen MR) is 135 cm³/mol. The largest absolute Gasteiger partial charge is 0.370 e. The first-order valence-electron chi connectivity index (χ1n) is 11.0. The van der Waals surface area contributed by atoms with E-state index in [1.807, 2.05) is 30.3 Å². The van der Waals surface area contributed by atoms with Crippen LogP contribution in [0.3, 0.4) is 0 Å². The Morgan fingerprint density at radius 1 is 1.06 bits per heavy atom. The van der Waals surface area contributed by atoms with Crippen molar-refractivity contribution in [2.45, 2.75) is 33.1 Å². The van der Waals surface area contributed by atoms with Crippen molar-refractivity contribution in [3.8, 4) is 11.4 Å².